The Morgan fingerprint density at radius 2 is 1.65 bits per heavy atom. The summed E-state index contributed by atoms with van der Waals surface area (Å²) in [5.41, 5.74) is 0.828. The van der Waals surface area contributed by atoms with Gasteiger partial charge in [-0.1, -0.05) is 59.7 Å². The van der Waals surface area contributed by atoms with Crippen LogP contribution in [-0.4, -0.2) is 15.1 Å². The van der Waals surface area contributed by atoms with E-state index in [1.807, 2.05) is 23.5 Å². The maximum atomic E-state index is 11.2. The van der Waals surface area contributed by atoms with Crippen LogP contribution in [0.5, 0.6) is 0 Å². The summed E-state index contributed by atoms with van der Waals surface area (Å²) in [7, 11) is -1.17. The van der Waals surface area contributed by atoms with Crippen LogP contribution in [0.3, 0.4) is 0 Å². The third-order valence-corrected chi connectivity index (χ3v) is 10.0. The first-order valence-electron chi connectivity index (χ1n) is 7.12. The summed E-state index contributed by atoms with van der Waals surface area (Å²) in [5.74, 6) is 0. The minimum atomic E-state index is -1.17. The maximum absolute atomic E-state index is 11.2. The normalized spacial score (nSPS) is 13.2. The SMILES string of the molecule is CC(C)(C)[SiH](c1cc2cccc(C=O)c2s1)C(C)(C)C. The maximum Gasteiger partial charge on any atom is 0.151 e. The van der Waals surface area contributed by atoms with Gasteiger partial charge < -0.3 is 0 Å². The fourth-order valence-electron chi connectivity index (χ4n) is 3.49. The minimum Gasteiger partial charge on any atom is -0.298 e. The molecule has 0 aliphatic rings. The van der Waals surface area contributed by atoms with E-state index >= 15 is 0 Å². The average Bonchev–Trinajstić information content (AvgIpc) is 2.66. The smallest absolute Gasteiger partial charge is 0.151 e. The van der Waals surface area contributed by atoms with Crippen molar-refractivity contribution in [3.8, 4) is 0 Å². The van der Waals surface area contributed by atoms with E-state index < -0.39 is 8.80 Å². The molecule has 20 heavy (non-hydrogen) atoms. The van der Waals surface area contributed by atoms with Gasteiger partial charge in [-0.05, 0) is 26.0 Å². The van der Waals surface area contributed by atoms with E-state index in [1.54, 1.807) is 0 Å². The molecule has 0 unspecified atom stereocenters. The van der Waals surface area contributed by atoms with Crippen molar-refractivity contribution in [2.24, 2.45) is 0 Å². The number of thiophene rings is 1. The lowest BCUT2D eigenvalue weighted by Gasteiger charge is -2.38. The third kappa shape index (κ3) is 2.89. The quantitative estimate of drug-likeness (QED) is 0.578. The Morgan fingerprint density at radius 3 is 2.15 bits per heavy atom. The predicted octanol–water partition coefficient (Wildman–Crippen LogP) is 4.75. The van der Waals surface area contributed by atoms with Crippen molar-refractivity contribution in [3.05, 3.63) is 29.8 Å². The van der Waals surface area contributed by atoms with Crippen LogP contribution in [0.25, 0.3) is 10.1 Å². The van der Waals surface area contributed by atoms with E-state index in [0.717, 1.165) is 16.5 Å². The number of carbonyl (C=O) groups is 1. The molecule has 0 aliphatic heterocycles. The van der Waals surface area contributed by atoms with Crippen LogP contribution in [0.4, 0.5) is 0 Å². The summed E-state index contributed by atoms with van der Waals surface area (Å²) in [4.78, 5) is 11.2. The first kappa shape index (κ1) is 15.5. The summed E-state index contributed by atoms with van der Waals surface area (Å²) in [6, 6.07) is 8.35. The molecule has 0 fully saturated rings. The molecular weight excluding hydrogens is 280 g/mol. The summed E-state index contributed by atoms with van der Waals surface area (Å²) in [6.07, 6.45) is 0.980. The molecule has 1 nitrogen and oxygen atoms in total. The highest BCUT2D eigenvalue weighted by Gasteiger charge is 2.38. The van der Waals surface area contributed by atoms with E-state index in [1.165, 1.54) is 9.89 Å². The second-order valence-corrected chi connectivity index (χ2v) is 14.2. The Balaban J connectivity index is 2.64. The highest BCUT2D eigenvalue weighted by atomic mass is 32.1. The molecule has 0 spiro atoms. The van der Waals surface area contributed by atoms with Crippen molar-refractivity contribution < 1.29 is 4.79 Å². The van der Waals surface area contributed by atoms with Gasteiger partial charge in [0.15, 0.2) is 6.29 Å². The summed E-state index contributed by atoms with van der Waals surface area (Å²) >= 11 is 1.84. The van der Waals surface area contributed by atoms with Gasteiger partial charge in [-0.3, -0.25) is 4.79 Å². The molecule has 0 aliphatic carbocycles. The monoisotopic (exact) mass is 304 g/mol. The Bertz CT molecular complexity index is 614. The topological polar surface area (TPSA) is 17.1 Å². The fraction of sp³-hybridized carbons (Fsp3) is 0.471. The molecule has 0 atom stereocenters. The van der Waals surface area contributed by atoms with Crippen molar-refractivity contribution in [2.75, 3.05) is 0 Å². The number of hydrogen-bond acceptors (Lipinski definition) is 2. The number of rotatable bonds is 2. The highest BCUT2D eigenvalue weighted by molar-refractivity contribution is 7.29. The van der Waals surface area contributed by atoms with Gasteiger partial charge in [-0.15, -0.1) is 11.3 Å². The van der Waals surface area contributed by atoms with Crippen molar-refractivity contribution in [1.82, 2.24) is 0 Å². The Hall–Kier alpha value is -0.933. The molecule has 0 bridgehead atoms. The van der Waals surface area contributed by atoms with Gasteiger partial charge in [0.05, 0.1) is 8.80 Å². The Kier molecular flexibility index (Phi) is 3.95. The van der Waals surface area contributed by atoms with Crippen LogP contribution in [0.1, 0.15) is 51.9 Å². The van der Waals surface area contributed by atoms with Crippen molar-refractivity contribution in [3.63, 3.8) is 0 Å². The number of benzene rings is 1. The van der Waals surface area contributed by atoms with E-state index in [0.29, 0.717) is 10.1 Å². The summed E-state index contributed by atoms with van der Waals surface area (Å²) in [5, 5.41) is 1.89. The van der Waals surface area contributed by atoms with Crippen molar-refractivity contribution in [1.29, 1.82) is 0 Å². The molecular formula is C17H24OSSi. The molecule has 1 heterocycles. The van der Waals surface area contributed by atoms with E-state index in [2.05, 4.69) is 53.7 Å². The number of carbonyl (C=O) groups excluding carboxylic acids is 1. The molecule has 108 valence electrons. The first-order valence-corrected chi connectivity index (χ1v) is 9.67. The summed E-state index contributed by atoms with van der Waals surface area (Å²) < 4.78 is 2.68. The first-order chi connectivity index (χ1) is 9.14. The molecule has 1 aromatic heterocycles. The van der Waals surface area contributed by atoms with Crippen LogP contribution in [-0.2, 0) is 0 Å². The summed E-state index contributed by atoms with van der Waals surface area (Å²) in [6.45, 7) is 14.2. The van der Waals surface area contributed by atoms with Gasteiger partial charge >= 0.3 is 0 Å². The standard InChI is InChI=1S/C17H24OSSi/c1-16(2,3)20(17(4,5)6)14-10-12-8-7-9-13(11-18)15(12)19-14/h7-11,20H,1-6H3. The average molecular weight is 305 g/mol. The van der Waals surface area contributed by atoms with E-state index in [-0.39, 0.29) is 0 Å². The van der Waals surface area contributed by atoms with Gasteiger partial charge in [0.25, 0.3) is 0 Å². The zero-order valence-corrected chi connectivity index (χ0v) is 15.3. The van der Waals surface area contributed by atoms with Crippen LogP contribution in [0.15, 0.2) is 24.3 Å². The molecule has 0 N–H and O–H groups in total. The van der Waals surface area contributed by atoms with Crippen LogP contribution >= 0.6 is 11.3 Å². The number of hydrogen-bond donors (Lipinski definition) is 0. The highest BCUT2D eigenvalue weighted by Crippen LogP contribution is 2.43. The Morgan fingerprint density at radius 1 is 1.05 bits per heavy atom. The second-order valence-electron chi connectivity index (χ2n) is 7.70. The molecule has 1 aromatic carbocycles. The van der Waals surface area contributed by atoms with Crippen molar-refractivity contribution >= 4 is 41.0 Å². The second kappa shape index (κ2) is 5.12. The van der Waals surface area contributed by atoms with E-state index in [4.69, 9.17) is 0 Å². The van der Waals surface area contributed by atoms with Crippen molar-refractivity contribution in [2.45, 2.75) is 51.6 Å². The van der Waals surface area contributed by atoms with E-state index in [9.17, 15) is 4.79 Å². The minimum absolute atomic E-state index is 0.334. The van der Waals surface area contributed by atoms with Gasteiger partial charge in [-0.2, -0.15) is 0 Å². The lowest BCUT2D eigenvalue weighted by Crippen LogP contribution is -2.44. The number of aldehydes is 1. The van der Waals surface area contributed by atoms with Crippen LogP contribution < -0.4 is 4.50 Å². The van der Waals surface area contributed by atoms with Gasteiger partial charge in [0.1, 0.15) is 0 Å². The third-order valence-electron chi connectivity index (χ3n) is 3.74. The molecule has 0 saturated heterocycles. The van der Waals surface area contributed by atoms with Crippen LogP contribution in [0.2, 0.25) is 10.1 Å². The molecule has 0 saturated carbocycles. The fourth-order valence-corrected chi connectivity index (χ4v) is 12.0. The molecule has 0 radical (unpaired) electrons. The predicted molar refractivity (Wildman–Crippen MR) is 93.4 cm³/mol. The molecule has 0 amide bonds. The molecule has 3 heteroatoms. The van der Waals surface area contributed by atoms with Crippen LogP contribution in [0, 0.1) is 0 Å². The van der Waals surface area contributed by atoms with Gasteiger partial charge in [-0.25, -0.2) is 0 Å². The van der Waals surface area contributed by atoms with Gasteiger partial charge in [0.2, 0.25) is 0 Å². The largest absolute Gasteiger partial charge is 0.298 e. The lowest BCUT2D eigenvalue weighted by molar-refractivity contribution is 0.112. The molecule has 2 aromatic rings. The van der Waals surface area contributed by atoms with Gasteiger partial charge in [0, 0.05) is 10.3 Å². The Labute approximate surface area is 127 Å². The molecule has 2 rings (SSSR count). The lowest BCUT2D eigenvalue weighted by atomic mass is 10.2. The zero-order valence-electron chi connectivity index (χ0n) is 13.3. The zero-order chi connectivity index (χ0) is 15.1. The number of fused-ring (bicyclic) bond motifs is 1.